The average molecular weight is 420 g/mol. The number of carbonyl (C=O) groups is 1. The van der Waals surface area contributed by atoms with Gasteiger partial charge in [-0.15, -0.1) is 24.0 Å². The third-order valence-electron chi connectivity index (χ3n) is 2.83. The molecule has 124 valence electrons. The monoisotopic (exact) mass is 420 g/mol. The highest BCUT2D eigenvalue weighted by Gasteiger charge is 2.02. The summed E-state index contributed by atoms with van der Waals surface area (Å²) in [5, 5.41) is 8.93. The minimum Gasteiger partial charge on any atom is -0.497 e. The van der Waals surface area contributed by atoms with E-state index in [4.69, 9.17) is 4.74 Å². The van der Waals surface area contributed by atoms with Crippen LogP contribution in [0.5, 0.6) is 5.75 Å². The maximum atomic E-state index is 11.5. The molecule has 1 rings (SSSR count). The third kappa shape index (κ3) is 8.06. The Morgan fingerprint density at radius 2 is 1.86 bits per heavy atom. The quantitative estimate of drug-likeness (QED) is 0.355. The van der Waals surface area contributed by atoms with Crippen LogP contribution in [0, 0.1) is 0 Å². The number of hydrogen-bond acceptors (Lipinski definition) is 3. The van der Waals surface area contributed by atoms with E-state index in [1.54, 1.807) is 14.2 Å². The number of carbonyl (C=O) groups excluding carboxylic acids is 1. The van der Waals surface area contributed by atoms with Crippen LogP contribution in [-0.4, -0.2) is 39.1 Å². The van der Waals surface area contributed by atoms with Gasteiger partial charge in [0.15, 0.2) is 5.96 Å². The molecule has 0 atom stereocenters. The van der Waals surface area contributed by atoms with Gasteiger partial charge < -0.3 is 20.7 Å². The number of nitrogens with zero attached hydrogens (tertiary/aromatic N) is 1. The minimum absolute atomic E-state index is 0. The van der Waals surface area contributed by atoms with Gasteiger partial charge in [0.05, 0.1) is 13.7 Å². The summed E-state index contributed by atoms with van der Waals surface area (Å²) in [6.45, 7) is 3.55. The molecule has 0 radical (unpaired) electrons. The number of nitrogens with one attached hydrogen (secondary N) is 3. The number of benzene rings is 1. The van der Waals surface area contributed by atoms with E-state index in [0.717, 1.165) is 17.7 Å². The van der Waals surface area contributed by atoms with Gasteiger partial charge >= 0.3 is 0 Å². The van der Waals surface area contributed by atoms with Crippen LogP contribution >= 0.6 is 24.0 Å². The Labute approximate surface area is 149 Å². The lowest BCUT2D eigenvalue weighted by atomic mass is 10.2. The lowest BCUT2D eigenvalue weighted by Gasteiger charge is -2.12. The second-order valence-electron chi connectivity index (χ2n) is 4.48. The largest absolute Gasteiger partial charge is 0.497 e. The molecule has 3 N–H and O–H groups in total. The zero-order valence-electron chi connectivity index (χ0n) is 13.3. The molecular weight excluding hydrogens is 395 g/mol. The first-order valence-electron chi connectivity index (χ1n) is 7.03. The van der Waals surface area contributed by atoms with Crippen molar-refractivity contribution < 1.29 is 9.53 Å². The molecule has 0 bridgehead atoms. The van der Waals surface area contributed by atoms with Crippen molar-refractivity contribution in [3.05, 3.63) is 29.8 Å². The van der Waals surface area contributed by atoms with Crippen LogP contribution in [0.15, 0.2) is 29.3 Å². The Bertz CT molecular complexity index is 463. The Balaban J connectivity index is 0.00000441. The summed E-state index contributed by atoms with van der Waals surface area (Å²) in [5.41, 5.74) is 1.11. The summed E-state index contributed by atoms with van der Waals surface area (Å²) in [5.74, 6) is 1.38. The van der Waals surface area contributed by atoms with Crippen molar-refractivity contribution >= 4 is 35.8 Å². The summed E-state index contributed by atoms with van der Waals surface area (Å²) in [4.78, 5) is 15.6. The van der Waals surface area contributed by atoms with Crippen molar-refractivity contribution in [2.75, 3.05) is 27.2 Å². The molecule has 0 spiro atoms. The highest BCUT2D eigenvalue weighted by molar-refractivity contribution is 14.0. The van der Waals surface area contributed by atoms with Crippen LogP contribution in [0.2, 0.25) is 0 Å². The minimum atomic E-state index is -0.0377. The normalized spacial score (nSPS) is 10.4. The fourth-order valence-corrected chi connectivity index (χ4v) is 1.64. The summed E-state index contributed by atoms with van der Waals surface area (Å²) in [7, 11) is 3.32. The van der Waals surface area contributed by atoms with Gasteiger partial charge in [0.25, 0.3) is 0 Å². The molecule has 0 aliphatic rings. The van der Waals surface area contributed by atoms with Crippen LogP contribution < -0.4 is 20.7 Å². The van der Waals surface area contributed by atoms with E-state index in [2.05, 4.69) is 20.9 Å². The Kier molecular flexibility index (Phi) is 11.2. The molecular formula is C15H25IN4O2. The number of guanidine groups is 1. The molecule has 7 heteroatoms. The number of halogens is 1. The number of ether oxygens (including phenoxy) is 1. The standard InChI is InChI=1S/C15H24N4O2.HI/c1-4-9-17-14(20)11-19-15(16-2)18-10-12-5-7-13(21-3)8-6-12;/h5-8H,4,9-11H2,1-3H3,(H,17,20)(H2,16,18,19);1H. The van der Waals surface area contributed by atoms with Gasteiger partial charge in [0.1, 0.15) is 5.75 Å². The molecule has 0 fully saturated rings. The van der Waals surface area contributed by atoms with E-state index in [9.17, 15) is 4.79 Å². The first-order valence-corrected chi connectivity index (χ1v) is 7.03. The topological polar surface area (TPSA) is 74.8 Å². The van der Waals surface area contributed by atoms with Crippen LogP contribution in [0.25, 0.3) is 0 Å². The number of aliphatic imine (C=N–C) groups is 1. The van der Waals surface area contributed by atoms with E-state index < -0.39 is 0 Å². The molecule has 0 saturated heterocycles. The van der Waals surface area contributed by atoms with Gasteiger partial charge in [0.2, 0.25) is 5.91 Å². The SMILES string of the molecule is CCCNC(=O)CNC(=NC)NCc1ccc(OC)cc1.I. The lowest BCUT2D eigenvalue weighted by Crippen LogP contribution is -2.43. The van der Waals surface area contributed by atoms with E-state index >= 15 is 0 Å². The van der Waals surface area contributed by atoms with Gasteiger partial charge in [-0.3, -0.25) is 9.79 Å². The van der Waals surface area contributed by atoms with Crippen LogP contribution in [-0.2, 0) is 11.3 Å². The van der Waals surface area contributed by atoms with Crippen molar-refractivity contribution in [3.63, 3.8) is 0 Å². The molecule has 0 aliphatic carbocycles. The lowest BCUT2D eigenvalue weighted by molar-refractivity contribution is -0.120. The fraction of sp³-hybridized carbons (Fsp3) is 0.467. The van der Waals surface area contributed by atoms with Crippen LogP contribution in [0.1, 0.15) is 18.9 Å². The summed E-state index contributed by atoms with van der Waals surface area (Å²) < 4.78 is 5.11. The summed E-state index contributed by atoms with van der Waals surface area (Å²) in [6, 6.07) is 7.77. The Hall–Kier alpha value is -1.51. The third-order valence-corrected chi connectivity index (χ3v) is 2.83. The summed E-state index contributed by atoms with van der Waals surface area (Å²) >= 11 is 0. The van der Waals surface area contributed by atoms with E-state index in [0.29, 0.717) is 19.0 Å². The molecule has 6 nitrogen and oxygen atoms in total. The molecule has 0 heterocycles. The van der Waals surface area contributed by atoms with E-state index in [1.165, 1.54) is 0 Å². The fourth-order valence-electron chi connectivity index (χ4n) is 1.64. The van der Waals surface area contributed by atoms with Crippen molar-refractivity contribution in [2.24, 2.45) is 4.99 Å². The molecule has 1 aromatic rings. The van der Waals surface area contributed by atoms with Crippen LogP contribution in [0.3, 0.4) is 0 Å². The van der Waals surface area contributed by atoms with Gasteiger partial charge in [-0.05, 0) is 24.1 Å². The van der Waals surface area contributed by atoms with Gasteiger partial charge in [-0.1, -0.05) is 19.1 Å². The first kappa shape index (κ1) is 20.5. The average Bonchev–Trinajstić information content (AvgIpc) is 2.53. The number of methoxy groups -OCH3 is 1. The van der Waals surface area contributed by atoms with Gasteiger partial charge in [0, 0.05) is 20.1 Å². The van der Waals surface area contributed by atoms with Crippen molar-refractivity contribution in [2.45, 2.75) is 19.9 Å². The van der Waals surface area contributed by atoms with E-state index in [-0.39, 0.29) is 36.4 Å². The predicted molar refractivity (Wildman–Crippen MR) is 99.9 cm³/mol. The number of rotatable bonds is 7. The van der Waals surface area contributed by atoms with Crippen molar-refractivity contribution in [1.82, 2.24) is 16.0 Å². The van der Waals surface area contributed by atoms with Crippen LogP contribution in [0.4, 0.5) is 0 Å². The van der Waals surface area contributed by atoms with Crippen molar-refractivity contribution in [1.29, 1.82) is 0 Å². The zero-order valence-corrected chi connectivity index (χ0v) is 15.6. The van der Waals surface area contributed by atoms with Gasteiger partial charge in [-0.25, -0.2) is 0 Å². The summed E-state index contributed by atoms with van der Waals surface area (Å²) in [6.07, 6.45) is 0.927. The molecule has 1 aromatic carbocycles. The first-order chi connectivity index (χ1) is 10.2. The molecule has 0 saturated carbocycles. The molecule has 22 heavy (non-hydrogen) atoms. The molecule has 0 unspecified atom stereocenters. The van der Waals surface area contributed by atoms with Crippen molar-refractivity contribution in [3.8, 4) is 5.75 Å². The second-order valence-corrected chi connectivity index (χ2v) is 4.48. The number of hydrogen-bond donors (Lipinski definition) is 3. The Morgan fingerprint density at radius 1 is 1.18 bits per heavy atom. The molecule has 0 aromatic heterocycles. The number of amides is 1. The highest BCUT2D eigenvalue weighted by Crippen LogP contribution is 2.10. The van der Waals surface area contributed by atoms with E-state index in [1.807, 2.05) is 31.2 Å². The second kappa shape index (κ2) is 12.1. The molecule has 1 amide bonds. The maximum absolute atomic E-state index is 11.5. The highest BCUT2D eigenvalue weighted by atomic mass is 127. The van der Waals surface area contributed by atoms with Gasteiger partial charge in [-0.2, -0.15) is 0 Å². The predicted octanol–water partition coefficient (Wildman–Crippen LogP) is 1.50. The smallest absolute Gasteiger partial charge is 0.239 e. The molecule has 0 aliphatic heterocycles. The maximum Gasteiger partial charge on any atom is 0.239 e. The Morgan fingerprint density at radius 3 is 2.41 bits per heavy atom. The zero-order chi connectivity index (χ0) is 15.5.